The maximum absolute atomic E-state index is 13.6. The molecule has 4 nitrogen and oxygen atoms in total. The van der Waals surface area contributed by atoms with Gasteiger partial charge in [0.1, 0.15) is 5.82 Å². The van der Waals surface area contributed by atoms with Crippen LogP contribution in [0.5, 0.6) is 0 Å². The number of hydrogen-bond donors (Lipinski definition) is 1. The minimum atomic E-state index is -0.332. The van der Waals surface area contributed by atoms with Crippen LogP contribution in [0.2, 0.25) is 0 Å². The molecule has 0 bridgehead atoms. The molecule has 0 spiro atoms. The SMILES string of the molecule is CC1CC(=O)NCC(=O)N1Cc1ccccc1F. The highest BCUT2D eigenvalue weighted by Gasteiger charge is 2.26. The number of carbonyl (C=O) groups excluding carboxylic acids is 2. The van der Waals surface area contributed by atoms with Crippen molar-refractivity contribution in [2.75, 3.05) is 6.54 Å². The van der Waals surface area contributed by atoms with Gasteiger partial charge in [0.05, 0.1) is 6.54 Å². The number of rotatable bonds is 2. The van der Waals surface area contributed by atoms with Crippen LogP contribution in [0.25, 0.3) is 0 Å². The maximum Gasteiger partial charge on any atom is 0.242 e. The molecular weight excluding hydrogens is 235 g/mol. The lowest BCUT2D eigenvalue weighted by Gasteiger charge is -2.26. The fraction of sp³-hybridized carbons (Fsp3) is 0.385. The molecule has 5 heteroatoms. The van der Waals surface area contributed by atoms with E-state index in [2.05, 4.69) is 5.32 Å². The lowest BCUT2D eigenvalue weighted by Crippen LogP contribution is -2.39. The van der Waals surface area contributed by atoms with Gasteiger partial charge in [-0.3, -0.25) is 9.59 Å². The second-order valence-electron chi connectivity index (χ2n) is 4.44. The number of carbonyl (C=O) groups is 2. The minimum Gasteiger partial charge on any atom is -0.347 e. The molecule has 18 heavy (non-hydrogen) atoms. The third kappa shape index (κ3) is 2.67. The van der Waals surface area contributed by atoms with Gasteiger partial charge in [-0.1, -0.05) is 18.2 Å². The van der Waals surface area contributed by atoms with E-state index in [1.165, 1.54) is 11.0 Å². The standard InChI is InChI=1S/C13H15FN2O2/c1-9-6-12(17)15-7-13(18)16(9)8-10-4-2-3-5-11(10)14/h2-5,9H,6-8H2,1H3,(H,15,17). The van der Waals surface area contributed by atoms with E-state index in [9.17, 15) is 14.0 Å². The Bertz CT molecular complexity index is 476. The van der Waals surface area contributed by atoms with Crippen molar-refractivity contribution in [3.05, 3.63) is 35.6 Å². The molecule has 96 valence electrons. The third-order valence-electron chi connectivity index (χ3n) is 3.07. The number of amides is 2. The molecule has 1 saturated heterocycles. The smallest absolute Gasteiger partial charge is 0.242 e. The van der Waals surface area contributed by atoms with Crippen molar-refractivity contribution < 1.29 is 14.0 Å². The predicted molar refractivity (Wildman–Crippen MR) is 64.0 cm³/mol. The normalized spacial score (nSPS) is 20.6. The molecule has 1 heterocycles. The molecule has 1 aliphatic heterocycles. The summed E-state index contributed by atoms with van der Waals surface area (Å²) >= 11 is 0. The largest absolute Gasteiger partial charge is 0.347 e. The molecule has 0 saturated carbocycles. The fourth-order valence-corrected chi connectivity index (χ4v) is 2.03. The van der Waals surface area contributed by atoms with Crippen molar-refractivity contribution in [1.82, 2.24) is 10.2 Å². The first kappa shape index (κ1) is 12.5. The maximum atomic E-state index is 13.6. The molecule has 2 amide bonds. The molecule has 1 aromatic carbocycles. The Hall–Kier alpha value is -1.91. The Balaban J connectivity index is 2.18. The van der Waals surface area contributed by atoms with Gasteiger partial charge >= 0.3 is 0 Å². The summed E-state index contributed by atoms with van der Waals surface area (Å²) in [5.41, 5.74) is 0.465. The van der Waals surface area contributed by atoms with Crippen molar-refractivity contribution in [3.63, 3.8) is 0 Å². The van der Waals surface area contributed by atoms with E-state index in [4.69, 9.17) is 0 Å². The minimum absolute atomic E-state index is 0.0162. The Kier molecular flexibility index (Phi) is 3.60. The molecule has 1 N–H and O–H groups in total. The lowest BCUT2D eigenvalue weighted by atomic mass is 10.1. The van der Waals surface area contributed by atoms with Crippen LogP contribution < -0.4 is 5.32 Å². The van der Waals surface area contributed by atoms with Gasteiger partial charge in [-0.05, 0) is 13.0 Å². The van der Waals surface area contributed by atoms with Gasteiger partial charge in [0.15, 0.2) is 0 Å². The van der Waals surface area contributed by atoms with E-state index in [-0.39, 0.29) is 43.2 Å². The zero-order chi connectivity index (χ0) is 13.1. The average Bonchev–Trinajstić information content (AvgIpc) is 2.45. The summed E-state index contributed by atoms with van der Waals surface area (Å²) in [5.74, 6) is -0.662. The monoisotopic (exact) mass is 250 g/mol. The fourth-order valence-electron chi connectivity index (χ4n) is 2.03. The molecule has 1 aromatic rings. The van der Waals surface area contributed by atoms with Crippen LogP contribution in [-0.4, -0.2) is 29.3 Å². The summed E-state index contributed by atoms with van der Waals surface area (Å²) in [6.45, 7) is 1.98. The summed E-state index contributed by atoms with van der Waals surface area (Å²) in [7, 11) is 0. The van der Waals surface area contributed by atoms with Gasteiger partial charge in [-0.25, -0.2) is 4.39 Å². The first-order chi connectivity index (χ1) is 8.58. The molecule has 0 radical (unpaired) electrons. The van der Waals surface area contributed by atoms with Crippen LogP contribution in [0, 0.1) is 5.82 Å². The molecule has 0 aliphatic carbocycles. The van der Waals surface area contributed by atoms with Crippen LogP contribution >= 0.6 is 0 Å². The van der Waals surface area contributed by atoms with Crippen LogP contribution in [0.3, 0.4) is 0 Å². The van der Waals surface area contributed by atoms with Crippen molar-refractivity contribution in [3.8, 4) is 0 Å². The first-order valence-corrected chi connectivity index (χ1v) is 5.87. The molecule has 1 aliphatic rings. The zero-order valence-corrected chi connectivity index (χ0v) is 10.1. The van der Waals surface area contributed by atoms with Crippen molar-refractivity contribution in [2.24, 2.45) is 0 Å². The Morgan fingerprint density at radius 3 is 2.83 bits per heavy atom. The molecule has 1 atom stereocenters. The second-order valence-corrected chi connectivity index (χ2v) is 4.44. The third-order valence-corrected chi connectivity index (χ3v) is 3.07. The Morgan fingerprint density at radius 2 is 2.11 bits per heavy atom. The van der Waals surface area contributed by atoms with Crippen molar-refractivity contribution in [2.45, 2.75) is 25.9 Å². The van der Waals surface area contributed by atoms with Crippen LogP contribution in [0.15, 0.2) is 24.3 Å². The number of nitrogens with one attached hydrogen (secondary N) is 1. The summed E-state index contributed by atoms with van der Waals surface area (Å²) in [5, 5.41) is 2.53. The summed E-state index contributed by atoms with van der Waals surface area (Å²) in [6.07, 6.45) is 0.250. The van der Waals surface area contributed by atoms with Gasteiger partial charge in [0.25, 0.3) is 0 Å². The molecule has 2 rings (SSSR count). The zero-order valence-electron chi connectivity index (χ0n) is 10.1. The van der Waals surface area contributed by atoms with E-state index < -0.39 is 0 Å². The van der Waals surface area contributed by atoms with Crippen LogP contribution in [0.4, 0.5) is 4.39 Å². The van der Waals surface area contributed by atoms with Crippen molar-refractivity contribution >= 4 is 11.8 Å². The van der Waals surface area contributed by atoms with Gasteiger partial charge in [0.2, 0.25) is 11.8 Å². The Labute approximate surface area is 105 Å². The van der Waals surface area contributed by atoms with Gasteiger partial charge in [0, 0.05) is 24.6 Å². The van der Waals surface area contributed by atoms with Crippen molar-refractivity contribution in [1.29, 1.82) is 0 Å². The topological polar surface area (TPSA) is 49.4 Å². The highest BCUT2D eigenvalue weighted by atomic mass is 19.1. The van der Waals surface area contributed by atoms with E-state index >= 15 is 0 Å². The lowest BCUT2D eigenvalue weighted by molar-refractivity contribution is -0.132. The molecular formula is C13H15FN2O2. The number of hydrogen-bond acceptors (Lipinski definition) is 2. The van der Waals surface area contributed by atoms with Crippen LogP contribution in [0.1, 0.15) is 18.9 Å². The molecule has 0 aromatic heterocycles. The second kappa shape index (κ2) is 5.16. The van der Waals surface area contributed by atoms with Gasteiger partial charge in [-0.2, -0.15) is 0 Å². The highest BCUT2D eigenvalue weighted by molar-refractivity contribution is 5.87. The number of nitrogens with zero attached hydrogens (tertiary/aromatic N) is 1. The summed E-state index contributed by atoms with van der Waals surface area (Å²) in [6, 6.07) is 6.13. The predicted octanol–water partition coefficient (Wildman–Crippen LogP) is 1.06. The van der Waals surface area contributed by atoms with E-state index in [1.54, 1.807) is 25.1 Å². The van der Waals surface area contributed by atoms with E-state index in [0.717, 1.165) is 0 Å². The van der Waals surface area contributed by atoms with E-state index in [1.807, 2.05) is 0 Å². The van der Waals surface area contributed by atoms with Gasteiger partial charge in [-0.15, -0.1) is 0 Å². The molecule has 1 fully saturated rings. The summed E-state index contributed by atoms with van der Waals surface area (Å²) < 4.78 is 13.6. The Morgan fingerprint density at radius 1 is 1.39 bits per heavy atom. The van der Waals surface area contributed by atoms with E-state index in [0.29, 0.717) is 5.56 Å². The first-order valence-electron chi connectivity index (χ1n) is 5.87. The average molecular weight is 250 g/mol. The van der Waals surface area contributed by atoms with Gasteiger partial charge < -0.3 is 10.2 Å². The van der Waals surface area contributed by atoms with Crippen LogP contribution in [-0.2, 0) is 16.1 Å². The molecule has 1 unspecified atom stereocenters. The number of benzene rings is 1. The number of halogens is 1. The summed E-state index contributed by atoms with van der Waals surface area (Å²) in [4.78, 5) is 24.8. The highest BCUT2D eigenvalue weighted by Crippen LogP contribution is 2.15. The quantitative estimate of drug-likeness (QED) is 0.853.